The summed E-state index contributed by atoms with van der Waals surface area (Å²) in [6.07, 6.45) is 1.66. The van der Waals surface area contributed by atoms with Crippen LogP contribution in [0.5, 0.6) is 11.5 Å². The van der Waals surface area contributed by atoms with Crippen molar-refractivity contribution in [3.05, 3.63) is 34.3 Å². The fourth-order valence-corrected chi connectivity index (χ4v) is 5.89. The van der Waals surface area contributed by atoms with Crippen LogP contribution in [0, 0.1) is 0 Å². The Balaban J connectivity index is 1.20. The number of amides is 2. The molecule has 2 fully saturated rings. The highest BCUT2D eigenvalue weighted by atomic mass is 32.1. The lowest BCUT2D eigenvalue weighted by Crippen LogP contribution is -2.49. The van der Waals surface area contributed by atoms with E-state index in [2.05, 4.69) is 4.90 Å². The van der Waals surface area contributed by atoms with E-state index in [1.54, 1.807) is 32.7 Å². The van der Waals surface area contributed by atoms with Crippen LogP contribution in [-0.2, 0) is 19.0 Å². The molecule has 11 nitrogen and oxygen atoms in total. The Labute approximate surface area is 239 Å². The van der Waals surface area contributed by atoms with Crippen molar-refractivity contribution in [2.24, 2.45) is 0 Å². The molecule has 2 saturated heterocycles. The largest absolute Gasteiger partial charge is 0.497 e. The number of nitrogens with zero attached hydrogens (tertiary/aromatic N) is 4. The van der Waals surface area contributed by atoms with Gasteiger partial charge in [-0.1, -0.05) is 0 Å². The molecule has 12 heteroatoms. The quantitative estimate of drug-likeness (QED) is 0.333. The van der Waals surface area contributed by atoms with Crippen molar-refractivity contribution in [2.75, 3.05) is 98.5 Å². The van der Waals surface area contributed by atoms with Gasteiger partial charge in [0.2, 0.25) is 5.91 Å². The molecule has 40 heavy (non-hydrogen) atoms. The molecule has 2 aliphatic rings. The molecule has 1 aromatic carbocycles. The number of carbonyl (C=O) groups excluding carboxylic acids is 2. The zero-order valence-corrected chi connectivity index (χ0v) is 24.5. The van der Waals surface area contributed by atoms with Crippen molar-refractivity contribution >= 4 is 28.8 Å². The molecule has 1 aromatic heterocycles. The SMILES string of the molecule is COCCOCCOCC(=O)N1CCC(c2nc(C(=O)N3CCN(c4ccc(OC)cc4OC)CC3)cs2)CC1. The van der Waals surface area contributed by atoms with Gasteiger partial charge in [-0.2, -0.15) is 0 Å². The molecule has 0 saturated carbocycles. The van der Waals surface area contributed by atoms with E-state index >= 15 is 0 Å². The van der Waals surface area contributed by atoms with Crippen LogP contribution in [0.15, 0.2) is 23.6 Å². The van der Waals surface area contributed by atoms with Gasteiger partial charge < -0.3 is 38.4 Å². The molecule has 220 valence electrons. The summed E-state index contributed by atoms with van der Waals surface area (Å²) in [5.74, 6) is 1.73. The van der Waals surface area contributed by atoms with Gasteiger partial charge in [-0.05, 0) is 25.0 Å². The minimum atomic E-state index is -0.0280. The maximum absolute atomic E-state index is 13.2. The number of aromatic nitrogens is 1. The van der Waals surface area contributed by atoms with E-state index < -0.39 is 0 Å². The first-order chi connectivity index (χ1) is 19.5. The average Bonchev–Trinajstić information content (AvgIpc) is 3.50. The number of likely N-dealkylation sites (tertiary alicyclic amines) is 1. The van der Waals surface area contributed by atoms with E-state index in [1.165, 1.54) is 0 Å². The molecule has 4 rings (SSSR count). The Morgan fingerprint density at radius 3 is 2.33 bits per heavy atom. The Kier molecular flexibility index (Phi) is 11.4. The first-order valence-electron chi connectivity index (χ1n) is 13.7. The molecule has 0 atom stereocenters. The molecule has 2 aromatic rings. The summed E-state index contributed by atoms with van der Waals surface area (Å²) in [7, 11) is 4.91. The monoisotopic (exact) mass is 576 g/mol. The van der Waals surface area contributed by atoms with Crippen molar-refractivity contribution in [1.29, 1.82) is 0 Å². The minimum absolute atomic E-state index is 0.00301. The van der Waals surface area contributed by atoms with Crippen molar-refractivity contribution in [2.45, 2.75) is 18.8 Å². The van der Waals surface area contributed by atoms with Gasteiger partial charge in [0, 0.05) is 63.7 Å². The summed E-state index contributed by atoms with van der Waals surface area (Å²) in [4.78, 5) is 36.4. The van der Waals surface area contributed by atoms with Crippen LogP contribution in [-0.4, -0.2) is 120 Å². The molecule has 0 aliphatic carbocycles. The molecule has 0 bridgehead atoms. The lowest BCUT2D eigenvalue weighted by molar-refractivity contribution is -0.137. The molecule has 2 aliphatic heterocycles. The van der Waals surface area contributed by atoms with Crippen LogP contribution in [0.1, 0.15) is 34.3 Å². The second kappa shape index (κ2) is 15.2. The Hall–Kier alpha value is -2.93. The summed E-state index contributed by atoms with van der Waals surface area (Å²) in [6.45, 7) is 5.92. The van der Waals surface area contributed by atoms with Crippen LogP contribution in [0.2, 0.25) is 0 Å². The third kappa shape index (κ3) is 7.84. The number of carbonyl (C=O) groups is 2. The summed E-state index contributed by atoms with van der Waals surface area (Å²) >= 11 is 1.54. The van der Waals surface area contributed by atoms with E-state index in [9.17, 15) is 9.59 Å². The summed E-state index contributed by atoms with van der Waals surface area (Å²) < 4.78 is 26.6. The topological polar surface area (TPSA) is 103 Å². The number of rotatable bonds is 13. The number of ether oxygens (including phenoxy) is 5. The highest BCUT2D eigenvalue weighted by molar-refractivity contribution is 7.09. The van der Waals surface area contributed by atoms with Crippen molar-refractivity contribution in [3.63, 3.8) is 0 Å². The van der Waals surface area contributed by atoms with Gasteiger partial charge in [-0.3, -0.25) is 9.59 Å². The number of anilines is 1. The summed E-state index contributed by atoms with van der Waals surface area (Å²) in [5, 5.41) is 2.85. The third-order valence-corrected chi connectivity index (χ3v) is 8.27. The highest BCUT2D eigenvalue weighted by Crippen LogP contribution is 2.33. The first-order valence-corrected chi connectivity index (χ1v) is 14.6. The fourth-order valence-electron chi connectivity index (χ4n) is 4.92. The van der Waals surface area contributed by atoms with E-state index in [0.717, 1.165) is 35.0 Å². The maximum Gasteiger partial charge on any atom is 0.273 e. The van der Waals surface area contributed by atoms with Gasteiger partial charge in [0.25, 0.3) is 5.91 Å². The minimum Gasteiger partial charge on any atom is -0.497 e. The standard InChI is InChI=1S/C28H40N4O7S/c1-35-14-15-38-16-17-39-19-26(33)31-8-6-21(7-9-31)27-29-23(20-40-27)28(34)32-12-10-30(11-13-32)24-5-4-22(36-2)18-25(24)37-3/h4-5,18,20-21H,6-17,19H2,1-3H3. The maximum atomic E-state index is 13.2. The molecule has 0 radical (unpaired) electrons. The summed E-state index contributed by atoms with van der Waals surface area (Å²) in [6, 6.07) is 5.79. The first kappa shape index (κ1) is 30.0. The summed E-state index contributed by atoms with van der Waals surface area (Å²) in [5.41, 5.74) is 1.50. The Morgan fingerprint density at radius 2 is 1.62 bits per heavy atom. The van der Waals surface area contributed by atoms with Crippen LogP contribution >= 0.6 is 11.3 Å². The van der Waals surface area contributed by atoms with Crippen molar-refractivity contribution in [3.8, 4) is 11.5 Å². The van der Waals surface area contributed by atoms with Crippen LogP contribution in [0.3, 0.4) is 0 Å². The highest BCUT2D eigenvalue weighted by Gasteiger charge is 2.29. The number of hydrogen-bond donors (Lipinski definition) is 0. The van der Waals surface area contributed by atoms with Crippen molar-refractivity contribution in [1.82, 2.24) is 14.8 Å². The van der Waals surface area contributed by atoms with Gasteiger partial charge in [0.05, 0.1) is 51.3 Å². The van der Waals surface area contributed by atoms with Crippen LogP contribution < -0.4 is 14.4 Å². The predicted molar refractivity (Wildman–Crippen MR) is 152 cm³/mol. The Bertz CT molecular complexity index is 1100. The lowest BCUT2D eigenvalue weighted by Gasteiger charge is -2.36. The molecule has 0 spiro atoms. The Morgan fingerprint density at radius 1 is 0.900 bits per heavy atom. The second-order valence-corrected chi connectivity index (χ2v) is 10.6. The number of methoxy groups -OCH3 is 3. The normalized spacial score (nSPS) is 16.3. The molecule has 0 unspecified atom stereocenters. The van der Waals surface area contributed by atoms with Gasteiger partial charge >= 0.3 is 0 Å². The van der Waals surface area contributed by atoms with E-state index in [1.807, 2.05) is 33.4 Å². The zero-order valence-electron chi connectivity index (χ0n) is 23.6. The second-order valence-electron chi connectivity index (χ2n) is 9.70. The third-order valence-electron chi connectivity index (χ3n) is 7.26. The zero-order chi connectivity index (χ0) is 28.3. The van der Waals surface area contributed by atoms with Gasteiger partial charge in [0.1, 0.15) is 23.8 Å². The van der Waals surface area contributed by atoms with Gasteiger partial charge in [0.15, 0.2) is 0 Å². The fraction of sp³-hybridized carbons (Fsp3) is 0.607. The smallest absolute Gasteiger partial charge is 0.273 e. The molecular weight excluding hydrogens is 536 g/mol. The van der Waals surface area contributed by atoms with Crippen LogP contribution in [0.25, 0.3) is 0 Å². The number of piperazine rings is 1. The molecule has 2 amide bonds. The van der Waals surface area contributed by atoms with E-state index in [0.29, 0.717) is 71.4 Å². The number of piperidine rings is 1. The van der Waals surface area contributed by atoms with E-state index in [-0.39, 0.29) is 24.3 Å². The van der Waals surface area contributed by atoms with Crippen molar-refractivity contribution < 1.29 is 33.3 Å². The number of benzene rings is 1. The van der Waals surface area contributed by atoms with Gasteiger partial charge in [-0.25, -0.2) is 4.98 Å². The predicted octanol–water partition coefficient (Wildman–Crippen LogP) is 2.51. The van der Waals surface area contributed by atoms with Crippen LogP contribution in [0.4, 0.5) is 5.69 Å². The van der Waals surface area contributed by atoms with Gasteiger partial charge in [-0.15, -0.1) is 11.3 Å². The molecule has 0 N–H and O–H groups in total. The lowest BCUT2D eigenvalue weighted by atomic mass is 9.97. The molecule has 3 heterocycles. The number of hydrogen-bond acceptors (Lipinski definition) is 10. The van der Waals surface area contributed by atoms with E-state index in [4.69, 9.17) is 28.7 Å². The number of thiazole rings is 1. The average molecular weight is 577 g/mol. The molecular formula is C28H40N4O7S.